The van der Waals surface area contributed by atoms with Gasteiger partial charge in [-0.2, -0.15) is 5.10 Å². The van der Waals surface area contributed by atoms with Crippen LogP contribution in [0.4, 0.5) is 5.69 Å². The summed E-state index contributed by atoms with van der Waals surface area (Å²) in [6.07, 6.45) is 0. The Labute approximate surface area is 140 Å². The molecule has 0 spiro atoms. The van der Waals surface area contributed by atoms with Crippen LogP contribution in [0.1, 0.15) is 18.3 Å². The van der Waals surface area contributed by atoms with Gasteiger partial charge in [-0.15, -0.1) is 11.8 Å². The van der Waals surface area contributed by atoms with E-state index in [4.69, 9.17) is 4.74 Å². The summed E-state index contributed by atoms with van der Waals surface area (Å²) in [7, 11) is 1.87. The van der Waals surface area contributed by atoms with Crippen LogP contribution in [0.25, 0.3) is 0 Å². The minimum atomic E-state index is -0.0205. The Balaban J connectivity index is 1.78. The average Bonchev–Trinajstić information content (AvgIpc) is 2.77. The van der Waals surface area contributed by atoms with E-state index in [-0.39, 0.29) is 18.6 Å². The van der Waals surface area contributed by atoms with Crippen LogP contribution in [0, 0.1) is 13.8 Å². The van der Waals surface area contributed by atoms with Gasteiger partial charge in [-0.1, -0.05) is 12.1 Å². The van der Waals surface area contributed by atoms with Crippen LogP contribution in [0.2, 0.25) is 0 Å². The van der Waals surface area contributed by atoms with E-state index in [9.17, 15) is 4.79 Å². The molecule has 5 nitrogen and oxygen atoms in total. The van der Waals surface area contributed by atoms with Crippen molar-refractivity contribution in [1.29, 1.82) is 0 Å². The molecule has 3 rings (SSSR count). The molecule has 2 aromatic rings. The number of amides is 1. The molecule has 122 valence electrons. The van der Waals surface area contributed by atoms with Gasteiger partial charge < -0.3 is 9.64 Å². The lowest BCUT2D eigenvalue weighted by Gasteiger charge is -2.34. The molecule has 1 aliphatic heterocycles. The van der Waals surface area contributed by atoms with E-state index < -0.39 is 0 Å². The van der Waals surface area contributed by atoms with Gasteiger partial charge in [0.15, 0.2) is 12.4 Å². The SMILES string of the molecule is Cc1nn(C)c(C)c1OCC(=O)N1c2ccccc2SC[C@H]1C. The number of anilines is 1. The lowest BCUT2D eigenvalue weighted by atomic mass is 10.2. The summed E-state index contributed by atoms with van der Waals surface area (Å²) in [5, 5.41) is 4.32. The number of aryl methyl sites for hydroxylation is 2. The molecule has 0 saturated heterocycles. The second kappa shape index (κ2) is 6.28. The summed E-state index contributed by atoms with van der Waals surface area (Å²) in [5.74, 6) is 1.58. The normalized spacial score (nSPS) is 17.0. The van der Waals surface area contributed by atoms with Gasteiger partial charge in [-0.05, 0) is 32.9 Å². The molecule has 1 aromatic carbocycles. The van der Waals surface area contributed by atoms with Gasteiger partial charge in [0.25, 0.3) is 5.91 Å². The number of fused-ring (bicyclic) bond motifs is 1. The summed E-state index contributed by atoms with van der Waals surface area (Å²) in [6.45, 7) is 5.93. The van der Waals surface area contributed by atoms with Crippen LogP contribution >= 0.6 is 11.8 Å². The topological polar surface area (TPSA) is 47.4 Å². The predicted molar refractivity (Wildman–Crippen MR) is 92.3 cm³/mol. The summed E-state index contributed by atoms with van der Waals surface area (Å²) in [5.41, 5.74) is 2.71. The van der Waals surface area contributed by atoms with Gasteiger partial charge in [0, 0.05) is 23.7 Å². The first kappa shape index (κ1) is 15.9. The van der Waals surface area contributed by atoms with Crippen LogP contribution in [-0.4, -0.2) is 34.1 Å². The third-order valence-corrected chi connectivity index (χ3v) is 5.40. The number of carbonyl (C=O) groups excluding carboxylic acids is 1. The first-order valence-corrected chi connectivity index (χ1v) is 8.64. The number of ether oxygens (including phenoxy) is 1. The fourth-order valence-corrected chi connectivity index (χ4v) is 3.91. The second-order valence-electron chi connectivity index (χ2n) is 5.80. The molecule has 1 aromatic heterocycles. The fraction of sp³-hybridized carbons (Fsp3) is 0.412. The molecule has 1 amide bonds. The number of rotatable bonds is 3. The largest absolute Gasteiger partial charge is 0.480 e. The highest BCUT2D eigenvalue weighted by atomic mass is 32.2. The van der Waals surface area contributed by atoms with E-state index in [1.165, 1.54) is 0 Å². The van der Waals surface area contributed by atoms with Gasteiger partial charge in [0.1, 0.15) is 5.69 Å². The van der Waals surface area contributed by atoms with Gasteiger partial charge >= 0.3 is 0 Å². The van der Waals surface area contributed by atoms with Crippen molar-refractivity contribution < 1.29 is 9.53 Å². The van der Waals surface area contributed by atoms with Crippen LogP contribution in [0.5, 0.6) is 5.75 Å². The molecule has 0 N–H and O–H groups in total. The summed E-state index contributed by atoms with van der Waals surface area (Å²) < 4.78 is 7.55. The number of hydrogen-bond acceptors (Lipinski definition) is 4. The average molecular weight is 331 g/mol. The Morgan fingerprint density at radius 3 is 2.83 bits per heavy atom. The van der Waals surface area contributed by atoms with Crippen molar-refractivity contribution in [2.45, 2.75) is 31.7 Å². The number of nitrogens with zero attached hydrogens (tertiary/aromatic N) is 3. The molecular weight excluding hydrogens is 310 g/mol. The van der Waals surface area contributed by atoms with E-state index in [0.29, 0.717) is 5.75 Å². The standard InChI is InChI=1S/C17H21N3O2S/c1-11-10-23-15-8-6-5-7-14(15)20(11)16(21)9-22-17-12(2)18-19(4)13(17)3/h5-8,11H,9-10H2,1-4H3/t11-/m1/s1. The number of thioether (sulfide) groups is 1. The van der Waals surface area contributed by atoms with Crippen molar-refractivity contribution in [3.8, 4) is 5.75 Å². The van der Waals surface area contributed by atoms with Crippen LogP contribution in [0.15, 0.2) is 29.2 Å². The summed E-state index contributed by atoms with van der Waals surface area (Å²) in [4.78, 5) is 15.7. The zero-order chi connectivity index (χ0) is 16.6. The lowest BCUT2D eigenvalue weighted by molar-refractivity contribution is -0.121. The molecule has 0 aliphatic carbocycles. The summed E-state index contributed by atoms with van der Waals surface area (Å²) in [6, 6.07) is 8.18. The Morgan fingerprint density at radius 1 is 1.39 bits per heavy atom. The minimum Gasteiger partial charge on any atom is -0.480 e. The van der Waals surface area contributed by atoms with Gasteiger partial charge in [-0.3, -0.25) is 9.48 Å². The van der Waals surface area contributed by atoms with Crippen molar-refractivity contribution in [2.24, 2.45) is 7.05 Å². The van der Waals surface area contributed by atoms with E-state index >= 15 is 0 Å². The van der Waals surface area contributed by atoms with Gasteiger partial charge in [-0.25, -0.2) is 0 Å². The molecule has 0 unspecified atom stereocenters. The maximum Gasteiger partial charge on any atom is 0.265 e. The number of hydrogen-bond donors (Lipinski definition) is 0. The van der Waals surface area contributed by atoms with E-state index in [0.717, 1.165) is 27.7 Å². The molecule has 2 heterocycles. The van der Waals surface area contributed by atoms with Gasteiger partial charge in [0.05, 0.1) is 11.4 Å². The molecule has 23 heavy (non-hydrogen) atoms. The molecule has 1 aliphatic rings. The Morgan fingerprint density at radius 2 is 2.13 bits per heavy atom. The van der Waals surface area contributed by atoms with Crippen LogP contribution in [0.3, 0.4) is 0 Å². The van der Waals surface area contributed by atoms with Crippen molar-refractivity contribution in [1.82, 2.24) is 9.78 Å². The number of carbonyl (C=O) groups is 1. The van der Waals surface area contributed by atoms with E-state index in [1.807, 2.05) is 44.0 Å². The monoisotopic (exact) mass is 331 g/mol. The molecule has 0 bridgehead atoms. The lowest BCUT2D eigenvalue weighted by Crippen LogP contribution is -2.44. The van der Waals surface area contributed by atoms with Crippen molar-refractivity contribution >= 4 is 23.4 Å². The Bertz CT molecular complexity index is 741. The predicted octanol–water partition coefficient (Wildman–Crippen LogP) is 2.94. The van der Waals surface area contributed by atoms with Crippen molar-refractivity contribution in [2.75, 3.05) is 17.3 Å². The number of para-hydroxylation sites is 1. The van der Waals surface area contributed by atoms with Crippen LogP contribution < -0.4 is 9.64 Å². The maximum absolute atomic E-state index is 12.7. The molecule has 0 fully saturated rings. The van der Waals surface area contributed by atoms with Crippen molar-refractivity contribution in [3.63, 3.8) is 0 Å². The zero-order valence-electron chi connectivity index (χ0n) is 13.9. The zero-order valence-corrected chi connectivity index (χ0v) is 14.7. The van der Waals surface area contributed by atoms with E-state index in [2.05, 4.69) is 18.1 Å². The van der Waals surface area contributed by atoms with Crippen LogP contribution in [-0.2, 0) is 11.8 Å². The molecule has 1 atom stereocenters. The molecule has 0 saturated carbocycles. The number of aromatic nitrogens is 2. The molecule has 6 heteroatoms. The number of benzene rings is 1. The highest BCUT2D eigenvalue weighted by Crippen LogP contribution is 2.37. The fourth-order valence-electron chi connectivity index (χ4n) is 2.85. The highest BCUT2D eigenvalue weighted by Gasteiger charge is 2.29. The molecular formula is C17H21N3O2S. The first-order chi connectivity index (χ1) is 11.0. The minimum absolute atomic E-state index is 0.0205. The summed E-state index contributed by atoms with van der Waals surface area (Å²) >= 11 is 1.79. The maximum atomic E-state index is 12.7. The van der Waals surface area contributed by atoms with E-state index in [1.54, 1.807) is 16.4 Å². The smallest absolute Gasteiger partial charge is 0.265 e. The first-order valence-electron chi connectivity index (χ1n) is 7.66. The van der Waals surface area contributed by atoms with Crippen molar-refractivity contribution in [3.05, 3.63) is 35.7 Å². The highest BCUT2D eigenvalue weighted by molar-refractivity contribution is 7.99. The quantitative estimate of drug-likeness (QED) is 0.867. The second-order valence-corrected chi connectivity index (χ2v) is 6.87. The third-order valence-electron chi connectivity index (χ3n) is 4.10. The Kier molecular flexibility index (Phi) is 4.35. The van der Waals surface area contributed by atoms with Gasteiger partial charge in [0.2, 0.25) is 0 Å². The Hall–Kier alpha value is -1.95. The molecule has 0 radical (unpaired) electrons. The third kappa shape index (κ3) is 2.95.